The first-order valence-electron chi connectivity index (χ1n) is 6.66. The van der Waals surface area contributed by atoms with E-state index in [1.54, 1.807) is 34.9 Å². The van der Waals surface area contributed by atoms with E-state index in [-0.39, 0.29) is 11.7 Å². The monoisotopic (exact) mass is 308 g/mol. The molecule has 2 rings (SSSR count). The molecule has 1 heterocycles. The number of hydrogen-bond acceptors (Lipinski definition) is 4. The predicted molar refractivity (Wildman–Crippen MR) is 80.2 cm³/mol. The van der Waals surface area contributed by atoms with Crippen LogP contribution in [-0.4, -0.2) is 33.0 Å². The molecule has 21 heavy (non-hydrogen) atoms. The van der Waals surface area contributed by atoms with Crippen LogP contribution in [0.2, 0.25) is 0 Å². The lowest BCUT2D eigenvalue weighted by Crippen LogP contribution is -2.26. The van der Waals surface area contributed by atoms with Crippen molar-refractivity contribution < 1.29 is 9.18 Å². The van der Waals surface area contributed by atoms with Crippen LogP contribution in [0, 0.1) is 5.82 Å². The number of nitrogens with one attached hydrogen (secondary N) is 1. The Labute approximate surface area is 127 Å². The molecule has 1 aromatic heterocycles. The SMILES string of the molecule is O=C(CCn1cncn1)NCCSCc1ccccc1F. The van der Waals surface area contributed by atoms with Crippen molar-refractivity contribution in [1.29, 1.82) is 0 Å². The number of hydrogen-bond donors (Lipinski definition) is 1. The van der Waals surface area contributed by atoms with Gasteiger partial charge in [0.15, 0.2) is 0 Å². The van der Waals surface area contributed by atoms with Crippen molar-refractivity contribution in [3.8, 4) is 0 Å². The van der Waals surface area contributed by atoms with Gasteiger partial charge in [-0.15, -0.1) is 0 Å². The van der Waals surface area contributed by atoms with Crippen molar-refractivity contribution in [2.75, 3.05) is 12.3 Å². The van der Waals surface area contributed by atoms with Crippen LogP contribution in [0.5, 0.6) is 0 Å². The first-order chi connectivity index (χ1) is 10.3. The van der Waals surface area contributed by atoms with Crippen molar-refractivity contribution in [3.63, 3.8) is 0 Å². The van der Waals surface area contributed by atoms with Gasteiger partial charge in [-0.05, 0) is 11.6 Å². The van der Waals surface area contributed by atoms with Crippen molar-refractivity contribution in [2.45, 2.75) is 18.7 Å². The lowest BCUT2D eigenvalue weighted by Gasteiger charge is -2.06. The minimum atomic E-state index is -0.179. The zero-order valence-corrected chi connectivity index (χ0v) is 12.4. The van der Waals surface area contributed by atoms with Crippen LogP contribution >= 0.6 is 11.8 Å². The molecule has 1 N–H and O–H groups in total. The molecule has 0 aliphatic rings. The van der Waals surface area contributed by atoms with E-state index in [4.69, 9.17) is 0 Å². The molecule has 0 aliphatic heterocycles. The van der Waals surface area contributed by atoms with Gasteiger partial charge in [0.05, 0.1) is 6.54 Å². The first-order valence-corrected chi connectivity index (χ1v) is 7.81. The number of carbonyl (C=O) groups is 1. The molecule has 0 saturated heterocycles. The van der Waals surface area contributed by atoms with Crippen molar-refractivity contribution in [3.05, 3.63) is 48.3 Å². The van der Waals surface area contributed by atoms with Crippen LogP contribution in [0.3, 0.4) is 0 Å². The molecule has 1 amide bonds. The van der Waals surface area contributed by atoms with E-state index in [1.807, 2.05) is 6.07 Å². The van der Waals surface area contributed by atoms with E-state index in [0.29, 0.717) is 30.8 Å². The summed E-state index contributed by atoms with van der Waals surface area (Å²) in [6, 6.07) is 6.74. The number of rotatable bonds is 8. The molecule has 0 fully saturated rings. The molecule has 5 nitrogen and oxygen atoms in total. The molecule has 112 valence electrons. The van der Waals surface area contributed by atoms with Gasteiger partial charge in [-0.1, -0.05) is 18.2 Å². The molecular weight excluding hydrogens is 291 g/mol. The van der Waals surface area contributed by atoms with Crippen LogP contribution in [0.15, 0.2) is 36.9 Å². The second-order valence-corrected chi connectivity index (χ2v) is 5.51. The molecular formula is C14H17FN4OS. The van der Waals surface area contributed by atoms with E-state index in [2.05, 4.69) is 15.4 Å². The molecule has 1 aromatic carbocycles. The van der Waals surface area contributed by atoms with Crippen molar-refractivity contribution in [2.24, 2.45) is 0 Å². The molecule has 0 radical (unpaired) electrons. The average Bonchev–Trinajstić information content (AvgIpc) is 3.00. The Morgan fingerprint density at radius 1 is 1.38 bits per heavy atom. The topological polar surface area (TPSA) is 59.8 Å². The maximum Gasteiger partial charge on any atom is 0.221 e. The smallest absolute Gasteiger partial charge is 0.221 e. The second-order valence-electron chi connectivity index (χ2n) is 4.40. The van der Waals surface area contributed by atoms with Gasteiger partial charge in [-0.2, -0.15) is 16.9 Å². The Bertz CT molecular complexity index is 562. The number of thioether (sulfide) groups is 1. The molecule has 0 unspecified atom stereocenters. The second kappa shape index (κ2) is 8.41. The van der Waals surface area contributed by atoms with Crippen LogP contribution in [0.1, 0.15) is 12.0 Å². The standard InChI is InChI=1S/C14H17FN4OS/c15-13-4-2-1-3-12(13)9-21-8-6-17-14(20)5-7-19-11-16-10-18-19/h1-4,10-11H,5-9H2,(H,17,20). The number of benzene rings is 1. The van der Waals surface area contributed by atoms with Gasteiger partial charge in [-0.25, -0.2) is 9.37 Å². The number of aromatic nitrogens is 3. The van der Waals surface area contributed by atoms with Crippen molar-refractivity contribution >= 4 is 17.7 Å². The number of carbonyl (C=O) groups excluding carboxylic acids is 1. The maximum absolute atomic E-state index is 13.4. The van der Waals surface area contributed by atoms with Crippen LogP contribution in [0.25, 0.3) is 0 Å². The molecule has 0 saturated carbocycles. The van der Waals surface area contributed by atoms with E-state index >= 15 is 0 Å². The lowest BCUT2D eigenvalue weighted by atomic mass is 10.2. The third-order valence-corrected chi connectivity index (χ3v) is 3.83. The summed E-state index contributed by atoms with van der Waals surface area (Å²) in [5.41, 5.74) is 0.694. The number of halogens is 1. The maximum atomic E-state index is 13.4. The summed E-state index contributed by atoms with van der Waals surface area (Å²) in [5.74, 6) is 1.17. The largest absolute Gasteiger partial charge is 0.355 e. The highest BCUT2D eigenvalue weighted by molar-refractivity contribution is 7.98. The van der Waals surface area contributed by atoms with Gasteiger partial charge in [-0.3, -0.25) is 9.48 Å². The minimum Gasteiger partial charge on any atom is -0.355 e. The quantitative estimate of drug-likeness (QED) is 0.756. The minimum absolute atomic E-state index is 0.0167. The van der Waals surface area contributed by atoms with E-state index in [9.17, 15) is 9.18 Å². The fourth-order valence-electron chi connectivity index (χ4n) is 1.71. The summed E-state index contributed by atoms with van der Waals surface area (Å²) in [7, 11) is 0. The Balaban J connectivity index is 1.55. The first kappa shape index (κ1) is 15.5. The fraction of sp³-hybridized carbons (Fsp3) is 0.357. The van der Waals surface area contributed by atoms with Gasteiger partial charge < -0.3 is 5.32 Å². The zero-order chi connectivity index (χ0) is 14.9. The Hall–Kier alpha value is -1.89. The van der Waals surface area contributed by atoms with Crippen LogP contribution < -0.4 is 5.32 Å². The van der Waals surface area contributed by atoms with Gasteiger partial charge in [0, 0.05) is 24.5 Å². The van der Waals surface area contributed by atoms with Crippen LogP contribution in [-0.2, 0) is 17.1 Å². The molecule has 0 atom stereocenters. The molecule has 7 heteroatoms. The van der Waals surface area contributed by atoms with Gasteiger partial charge in [0.25, 0.3) is 0 Å². The summed E-state index contributed by atoms with van der Waals surface area (Å²) in [5, 5.41) is 6.76. The molecule has 2 aromatic rings. The highest BCUT2D eigenvalue weighted by atomic mass is 32.2. The summed E-state index contributed by atoms with van der Waals surface area (Å²) in [4.78, 5) is 15.4. The van der Waals surface area contributed by atoms with E-state index in [0.717, 1.165) is 5.75 Å². The summed E-state index contributed by atoms with van der Waals surface area (Å²) < 4.78 is 15.0. The summed E-state index contributed by atoms with van der Waals surface area (Å²) >= 11 is 1.60. The number of nitrogens with zero attached hydrogens (tertiary/aromatic N) is 3. The number of amides is 1. The van der Waals surface area contributed by atoms with Crippen LogP contribution in [0.4, 0.5) is 4.39 Å². The summed E-state index contributed by atoms with van der Waals surface area (Å²) in [6.45, 7) is 1.10. The van der Waals surface area contributed by atoms with Gasteiger partial charge in [0.1, 0.15) is 18.5 Å². The van der Waals surface area contributed by atoms with E-state index in [1.165, 1.54) is 12.4 Å². The lowest BCUT2D eigenvalue weighted by molar-refractivity contribution is -0.121. The Morgan fingerprint density at radius 2 is 2.24 bits per heavy atom. The summed E-state index contributed by atoms with van der Waals surface area (Å²) in [6.07, 6.45) is 3.40. The third kappa shape index (κ3) is 5.55. The van der Waals surface area contributed by atoms with Crippen molar-refractivity contribution in [1.82, 2.24) is 20.1 Å². The van der Waals surface area contributed by atoms with Gasteiger partial charge in [0.2, 0.25) is 5.91 Å². The molecule has 0 spiro atoms. The normalized spacial score (nSPS) is 10.5. The predicted octanol–water partition coefficient (Wildman–Crippen LogP) is 1.86. The van der Waals surface area contributed by atoms with Gasteiger partial charge >= 0.3 is 0 Å². The third-order valence-electron chi connectivity index (χ3n) is 2.82. The van der Waals surface area contributed by atoms with E-state index < -0.39 is 0 Å². The fourth-order valence-corrected chi connectivity index (χ4v) is 2.56. The molecule has 0 bridgehead atoms. The molecule has 0 aliphatic carbocycles. The average molecular weight is 308 g/mol. The zero-order valence-electron chi connectivity index (χ0n) is 11.5. The highest BCUT2D eigenvalue weighted by Gasteiger charge is 2.03. The Morgan fingerprint density at radius 3 is 3.00 bits per heavy atom. The number of aryl methyl sites for hydroxylation is 1. The Kier molecular flexibility index (Phi) is 6.21. The highest BCUT2D eigenvalue weighted by Crippen LogP contribution is 2.14.